The number of hydrogen-bond donors (Lipinski definition) is 0. The molecule has 0 fully saturated rings. The van der Waals surface area contributed by atoms with E-state index in [1.54, 1.807) is 31.2 Å². The summed E-state index contributed by atoms with van der Waals surface area (Å²) in [4.78, 5) is 25.4. The Kier molecular flexibility index (Phi) is 3.13. The number of aryl methyl sites for hydroxylation is 1. The van der Waals surface area contributed by atoms with E-state index in [0.29, 0.717) is 11.4 Å². The first-order chi connectivity index (χ1) is 8.58. The molecule has 0 radical (unpaired) electrons. The van der Waals surface area contributed by atoms with E-state index in [0.717, 1.165) is 0 Å². The van der Waals surface area contributed by atoms with Crippen LogP contribution in [-0.2, 0) is 6.54 Å². The summed E-state index contributed by atoms with van der Waals surface area (Å²) < 4.78 is 1.23. The molecule has 0 spiro atoms. The van der Waals surface area contributed by atoms with Crippen molar-refractivity contribution in [1.82, 2.24) is 14.8 Å². The third-order valence-electron chi connectivity index (χ3n) is 2.40. The Bertz CT molecular complexity index is 592. The zero-order chi connectivity index (χ0) is 13.1. The highest BCUT2D eigenvalue weighted by Crippen LogP contribution is 2.07. The molecule has 0 unspecified atom stereocenters. The quantitative estimate of drug-likeness (QED) is 0.461. The maximum Gasteiger partial charge on any atom is 0.491 e. The fourth-order valence-corrected chi connectivity index (χ4v) is 1.48. The molecule has 0 amide bonds. The van der Waals surface area contributed by atoms with Crippen LogP contribution in [0.15, 0.2) is 30.3 Å². The number of carbonyl (C=O) groups is 1. The van der Waals surface area contributed by atoms with Gasteiger partial charge in [0.1, 0.15) is 6.54 Å². The Balaban J connectivity index is 2.20. The van der Waals surface area contributed by atoms with Crippen LogP contribution >= 0.6 is 0 Å². The molecule has 7 nitrogen and oxygen atoms in total. The second-order valence-electron chi connectivity index (χ2n) is 3.66. The molecule has 92 valence electrons. The first-order valence-electron chi connectivity index (χ1n) is 5.22. The van der Waals surface area contributed by atoms with E-state index < -0.39 is 10.9 Å². The monoisotopic (exact) mass is 246 g/mol. The Hall–Kier alpha value is -2.57. The summed E-state index contributed by atoms with van der Waals surface area (Å²) in [7, 11) is 0. The maximum atomic E-state index is 11.9. The first kappa shape index (κ1) is 11.9. The van der Waals surface area contributed by atoms with Crippen LogP contribution in [0.4, 0.5) is 5.95 Å². The van der Waals surface area contributed by atoms with Crippen LogP contribution < -0.4 is 0 Å². The lowest BCUT2D eigenvalue weighted by Gasteiger charge is -1.98. The highest BCUT2D eigenvalue weighted by molar-refractivity contribution is 5.95. The van der Waals surface area contributed by atoms with Gasteiger partial charge in [-0.3, -0.25) is 4.79 Å². The largest absolute Gasteiger partial charge is 0.491 e. The van der Waals surface area contributed by atoms with Gasteiger partial charge in [0, 0.05) is 17.6 Å². The number of carbonyl (C=O) groups excluding carboxylic acids is 1. The van der Waals surface area contributed by atoms with Crippen molar-refractivity contribution in [3.8, 4) is 0 Å². The van der Waals surface area contributed by atoms with E-state index in [-0.39, 0.29) is 12.3 Å². The van der Waals surface area contributed by atoms with Gasteiger partial charge in [0.15, 0.2) is 5.78 Å². The minimum absolute atomic E-state index is 0.0588. The van der Waals surface area contributed by atoms with Crippen molar-refractivity contribution < 1.29 is 9.72 Å². The van der Waals surface area contributed by atoms with Gasteiger partial charge in [-0.05, 0) is 9.91 Å². The number of hydrogen-bond acceptors (Lipinski definition) is 5. The van der Waals surface area contributed by atoms with Crippen LogP contribution in [0.1, 0.15) is 16.2 Å². The molecule has 0 aliphatic carbocycles. The van der Waals surface area contributed by atoms with Crippen LogP contribution in [0.2, 0.25) is 0 Å². The summed E-state index contributed by atoms with van der Waals surface area (Å²) in [5.41, 5.74) is 0.537. The van der Waals surface area contributed by atoms with Crippen LogP contribution in [0.5, 0.6) is 0 Å². The summed E-state index contributed by atoms with van der Waals surface area (Å²) in [5, 5.41) is 14.2. The van der Waals surface area contributed by atoms with E-state index in [4.69, 9.17) is 0 Å². The average molecular weight is 246 g/mol. The van der Waals surface area contributed by atoms with Gasteiger partial charge >= 0.3 is 5.95 Å². The van der Waals surface area contributed by atoms with Crippen molar-refractivity contribution in [2.24, 2.45) is 0 Å². The van der Waals surface area contributed by atoms with E-state index in [1.807, 2.05) is 6.07 Å². The highest BCUT2D eigenvalue weighted by atomic mass is 16.6. The number of aromatic nitrogens is 3. The van der Waals surface area contributed by atoms with E-state index in [1.165, 1.54) is 4.68 Å². The molecule has 1 aromatic heterocycles. The molecule has 2 rings (SSSR count). The third kappa shape index (κ3) is 2.40. The van der Waals surface area contributed by atoms with Crippen LogP contribution in [0.25, 0.3) is 0 Å². The molecule has 0 saturated carbocycles. The average Bonchev–Trinajstić information content (AvgIpc) is 2.72. The van der Waals surface area contributed by atoms with Gasteiger partial charge in [-0.25, -0.2) is 0 Å². The van der Waals surface area contributed by atoms with Gasteiger partial charge in [-0.1, -0.05) is 30.3 Å². The SMILES string of the molecule is Cc1nc([N+](=O)[O-])nn1CC(=O)c1ccccc1. The molecule has 0 bridgehead atoms. The second-order valence-corrected chi connectivity index (χ2v) is 3.66. The van der Waals surface area contributed by atoms with Crippen molar-refractivity contribution in [2.75, 3.05) is 0 Å². The fraction of sp³-hybridized carbons (Fsp3) is 0.182. The highest BCUT2D eigenvalue weighted by Gasteiger charge is 2.20. The Morgan fingerprint density at radius 1 is 1.39 bits per heavy atom. The third-order valence-corrected chi connectivity index (χ3v) is 2.40. The van der Waals surface area contributed by atoms with Crippen LogP contribution in [-0.4, -0.2) is 25.5 Å². The van der Waals surface area contributed by atoms with Crippen molar-refractivity contribution in [2.45, 2.75) is 13.5 Å². The molecule has 0 aliphatic rings. The zero-order valence-electron chi connectivity index (χ0n) is 9.61. The Morgan fingerprint density at radius 3 is 2.61 bits per heavy atom. The lowest BCUT2D eigenvalue weighted by molar-refractivity contribution is -0.394. The normalized spacial score (nSPS) is 10.3. The predicted molar refractivity (Wildman–Crippen MR) is 62.2 cm³/mol. The van der Waals surface area contributed by atoms with Gasteiger partial charge in [0.05, 0.1) is 0 Å². The lowest BCUT2D eigenvalue weighted by Crippen LogP contribution is -2.13. The fourth-order valence-electron chi connectivity index (χ4n) is 1.48. The van der Waals surface area contributed by atoms with E-state index >= 15 is 0 Å². The van der Waals surface area contributed by atoms with Crippen molar-refractivity contribution in [1.29, 1.82) is 0 Å². The number of nitrogens with zero attached hydrogens (tertiary/aromatic N) is 4. The van der Waals surface area contributed by atoms with Crippen molar-refractivity contribution in [3.05, 3.63) is 51.8 Å². The number of ketones is 1. The summed E-state index contributed by atoms with van der Waals surface area (Å²) in [6, 6.07) is 8.68. The van der Waals surface area contributed by atoms with Gasteiger partial charge in [0.25, 0.3) is 0 Å². The summed E-state index contributed by atoms with van der Waals surface area (Å²) in [6.07, 6.45) is 0. The molecule has 0 saturated heterocycles. The first-order valence-corrected chi connectivity index (χ1v) is 5.22. The molecule has 2 aromatic rings. The summed E-state index contributed by atoms with van der Waals surface area (Å²) in [6.45, 7) is 1.51. The summed E-state index contributed by atoms with van der Waals surface area (Å²) >= 11 is 0. The molecule has 0 N–H and O–H groups in total. The summed E-state index contributed by atoms with van der Waals surface area (Å²) in [5.74, 6) is -0.321. The molecular weight excluding hydrogens is 236 g/mol. The lowest BCUT2D eigenvalue weighted by atomic mass is 10.1. The van der Waals surface area contributed by atoms with Crippen LogP contribution in [0.3, 0.4) is 0 Å². The van der Waals surface area contributed by atoms with Crippen molar-refractivity contribution in [3.63, 3.8) is 0 Å². The van der Waals surface area contributed by atoms with Crippen LogP contribution in [0, 0.1) is 17.0 Å². The zero-order valence-corrected chi connectivity index (χ0v) is 9.61. The smallest absolute Gasteiger partial charge is 0.390 e. The second kappa shape index (κ2) is 4.74. The predicted octanol–water partition coefficient (Wildman–Crippen LogP) is 1.38. The van der Waals surface area contributed by atoms with Gasteiger partial charge in [-0.15, -0.1) is 0 Å². The number of Topliss-reactive ketones (excluding diaryl/α,β-unsaturated/α-hetero) is 1. The topological polar surface area (TPSA) is 90.9 Å². The van der Waals surface area contributed by atoms with Gasteiger partial charge < -0.3 is 10.1 Å². The standard InChI is InChI=1S/C11H10N4O3/c1-8-12-11(15(17)18)13-14(8)7-10(16)9-5-3-2-4-6-9/h2-6H,7H2,1H3. The van der Waals surface area contributed by atoms with E-state index in [2.05, 4.69) is 10.1 Å². The number of nitro groups is 1. The molecular formula is C11H10N4O3. The number of rotatable bonds is 4. The Morgan fingerprint density at radius 2 is 2.06 bits per heavy atom. The maximum absolute atomic E-state index is 11.9. The van der Waals surface area contributed by atoms with E-state index in [9.17, 15) is 14.9 Å². The molecule has 1 aromatic carbocycles. The molecule has 1 heterocycles. The molecule has 7 heteroatoms. The molecule has 0 aliphatic heterocycles. The van der Waals surface area contributed by atoms with Gasteiger partial charge in [0.2, 0.25) is 5.82 Å². The minimum atomic E-state index is -0.684. The minimum Gasteiger partial charge on any atom is -0.390 e. The van der Waals surface area contributed by atoms with Crippen molar-refractivity contribution >= 4 is 11.7 Å². The Labute approximate surface area is 102 Å². The van der Waals surface area contributed by atoms with Gasteiger partial charge in [-0.2, -0.15) is 4.68 Å². The molecule has 0 atom stereocenters. The number of benzene rings is 1. The molecule has 18 heavy (non-hydrogen) atoms.